The van der Waals surface area contributed by atoms with E-state index in [9.17, 15) is 4.79 Å². The van der Waals surface area contributed by atoms with Gasteiger partial charge in [-0.2, -0.15) is 0 Å². The second-order valence-electron chi connectivity index (χ2n) is 4.96. The maximum absolute atomic E-state index is 12.2. The van der Waals surface area contributed by atoms with Gasteiger partial charge in [-0.05, 0) is 32.1 Å². The van der Waals surface area contributed by atoms with E-state index in [1.807, 2.05) is 11.0 Å². The summed E-state index contributed by atoms with van der Waals surface area (Å²) in [6, 6.07) is 3.49. The maximum Gasteiger partial charge on any atom is 0.323 e. The Labute approximate surface area is 126 Å². The van der Waals surface area contributed by atoms with E-state index in [1.165, 1.54) is 11.3 Å². The molecule has 0 unspecified atom stereocenters. The van der Waals surface area contributed by atoms with Crippen LogP contribution in [0.4, 0.5) is 9.93 Å². The van der Waals surface area contributed by atoms with Gasteiger partial charge in [0.05, 0.1) is 6.26 Å². The van der Waals surface area contributed by atoms with Crippen LogP contribution in [0.1, 0.15) is 6.42 Å². The Morgan fingerprint density at radius 2 is 2.24 bits per heavy atom. The van der Waals surface area contributed by atoms with Crippen LogP contribution in [0.2, 0.25) is 0 Å². The second kappa shape index (κ2) is 6.23. The smallest absolute Gasteiger partial charge is 0.323 e. The Balaban J connectivity index is 1.62. The fourth-order valence-electron chi connectivity index (χ4n) is 2.19. The van der Waals surface area contributed by atoms with E-state index in [0.29, 0.717) is 15.9 Å². The summed E-state index contributed by atoms with van der Waals surface area (Å²) in [6.45, 7) is 3.40. The number of carbonyl (C=O) groups excluding carboxylic acids is 1. The normalized spacial score (nSPS) is 16.7. The number of rotatable bonds is 2. The molecule has 0 bridgehead atoms. The van der Waals surface area contributed by atoms with E-state index < -0.39 is 0 Å². The highest BCUT2D eigenvalue weighted by Crippen LogP contribution is 2.26. The highest BCUT2D eigenvalue weighted by molar-refractivity contribution is 7.18. The summed E-state index contributed by atoms with van der Waals surface area (Å²) in [7, 11) is 2.07. The van der Waals surface area contributed by atoms with Crippen molar-refractivity contribution in [2.24, 2.45) is 0 Å². The summed E-state index contributed by atoms with van der Waals surface area (Å²) in [6.07, 6.45) is 2.57. The molecule has 1 N–H and O–H groups in total. The van der Waals surface area contributed by atoms with Crippen molar-refractivity contribution in [1.82, 2.24) is 20.0 Å². The Hall–Kier alpha value is -1.93. The first-order valence-corrected chi connectivity index (χ1v) is 7.66. The molecule has 0 atom stereocenters. The summed E-state index contributed by atoms with van der Waals surface area (Å²) in [5.74, 6) is 0.657. The average Bonchev–Trinajstić information content (AvgIpc) is 3.09. The monoisotopic (exact) mass is 307 g/mol. The van der Waals surface area contributed by atoms with Gasteiger partial charge in [0.2, 0.25) is 5.13 Å². The molecule has 8 heteroatoms. The van der Waals surface area contributed by atoms with Crippen molar-refractivity contribution >= 4 is 22.5 Å². The highest BCUT2D eigenvalue weighted by Gasteiger charge is 2.19. The zero-order chi connectivity index (χ0) is 14.7. The lowest BCUT2D eigenvalue weighted by molar-refractivity contribution is 0.213. The molecule has 0 saturated carbocycles. The highest BCUT2D eigenvalue weighted by atomic mass is 32.1. The summed E-state index contributed by atoms with van der Waals surface area (Å²) in [5, 5.41) is 12.0. The van der Waals surface area contributed by atoms with Crippen LogP contribution in [0.5, 0.6) is 0 Å². The van der Waals surface area contributed by atoms with Crippen molar-refractivity contribution in [2.45, 2.75) is 6.42 Å². The first-order chi connectivity index (χ1) is 10.2. The van der Waals surface area contributed by atoms with E-state index in [-0.39, 0.29) is 6.03 Å². The SMILES string of the molecule is CN1CCCN(C(=O)Nc2nnc(-c3ccco3)s2)CC1. The number of urea groups is 1. The van der Waals surface area contributed by atoms with Crippen LogP contribution in [-0.4, -0.2) is 59.3 Å². The van der Waals surface area contributed by atoms with Crippen LogP contribution < -0.4 is 5.32 Å². The van der Waals surface area contributed by atoms with Crippen molar-refractivity contribution in [3.63, 3.8) is 0 Å². The number of carbonyl (C=O) groups is 1. The van der Waals surface area contributed by atoms with E-state index >= 15 is 0 Å². The van der Waals surface area contributed by atoms with Gasteiger partial charge in [-0.1, -0.05) is 11.3 Å². The minimum absolute atomic E-state index is 0.118. The van der Waals surface area contributed by atoms with Crippen LogP contribution in [0.3, 0.4) is 0 Å². The molecule has 0 spiro atoms. The van der Waals surface area contributed by atoms with Crippen molar-refractivity contribution in [2.75, 3.05) is 38.5 Å². The van der Waals surface area contributed by atoms with E-state index in [1.54, 1.807) is 12.3 Å². The number of hydrogen-bond donors (Lipinski definition) is 1. The molecule has 2 aromatic rings. The van der Waals surface area contributed by atoms with Gasteiger partial charge in [0, 0.05) is 19.6 Å². The molecule has 0 radical (unpaired) electrons. The molecular weight excluding hydrogens is 290 g/mol. The number of furan rings is 1. The molecule has 3 rings (SSSR count). The molecule has 0 aliphatic carbocycles. The number of anilines is 1. The molecule has 1 aliphatic heterocycles. The average molecular weight is 307 g/mol. The number of likely N-dealkylation sites (N-methyl/N-ethyl adjacent to an activating group) is 1. The van der Waals surface area contributed by atoms with E-state index in [4.69, 9.17) is 4.42 Å². The minimum atomic E-state index is -0.118. The van der Waals surface area contributed by atoms with Gasteiger partial charge in [-0.3, -0.25) is 5.32 Å². The number of amides is 2. The Morgan fingerprint density at radius 1 is 1.33 bits per heavy atom. The molecule has 2 aromatic heterocycles. The first-order valence-electron chi connectivity index (χ1n) is 6.84. The lowest BCUT2D eigenvalue weighted by Gasteiger charge is -2.19. The predicted molar refractivity (Wildman–Crippen MR) is 80.3 cm³/mol. The quantitative estimate of drug-likeness (QED) is 0.918. The third-order valence-corrected chi connectivity index (χ3v) is 4.23. The van der Waals surface area contributed by atoms with E-state index in [2.05, 4.69) is 27.5 Å². The zero-order valence-electron chi connectivity index (χ0n) is 11.8. The molecule has 2 amide bonds. The van der Waals surface area contributed by atoms with Gasteiger partial charge in [0.15, 0.2) is 10.8 Å². The fraction of sp³-hybridized carbons (Fsp3) is 0.462. The predicted octanol–water partition coefficient (Wildman–Crippen LogP) is 1.97. The van der Waals surface area contributed by atoms with Crippen molar-refractivity contribution < 1.29 is 9.21 Å². The molecule has 3 heterocycles. The van der Waals surface area contributed by atoms with Crippen LogP contribution >= 0.6 is 11.3 Å². The van der Waals surface area contributed by atoms with Gasteiger partial charge in [-0.25, -0.2) is 4.79 Å². The number of hydrogen-bond acceptors (Lipinski definition) is 6. The fourth-order valence-corrected chi connectivity index (χ4v) is 2.90. The topological polar surface area (TPSA) is 74.5 Å². The largest absolute Gasteiger partial charge is 0.462 e. The Morgan fingerprint density at radius 3 is 3.05 bits per heavy atom. The standard InChI is InChI=1S/C13H17N5O2S/c1-17-5-3-6-18(8-7-17)13(19)14-12-16-15-11(21-12)10-4-2-9-20-10/h2,4,9H,3,5-8H2,1H3,(H,14,16,19). The van der Waals surface area contributed by atoms with Gasteiger partial charge in [0.25, 0.3) is 0 Å². The molecule has 1 aliphatic rings. The molecule has 1 fully saturated rings. The van der Waals surface area contributed by atoms with Gasteiger partial charge < -0.3 is 14.2 Å². The van der Waals surface area contributed by atoms with Crippen molar-refractivity contribution in [3.8, 4) is 10.8 Å². The third-order valence-electron chi connectivity index (χ3n) is 3.38. The molecule has 21 heavy (non-hydrogen) atoms. The number of nitrogens with one attached hydrogen (secondary N) is 1. The summed E-state index contributed by atoms with van der Waals surface area (Å²) >= 11 is 1.30. The lowest BCUT2D eigenvalue weighted by atomic mass is 10.4. The van der Waals surface area contributed by atoms with Crippen LogP contribution in [0.15, 0.2) is 22.8 Å². The lowest BCUT2D eigenvalue weighted by Crippen LogP contribution is -2.37. The number of nitrogens with zero attached hydrogens (tertiary/aromatic N) is 4. The molecule has 0 aromatic carbocycles. The summed E-state index contributed by atoms with van der Waals surface area (Å²) in [4.78, 5) is 16.3. The number of aromatic nitrogens is 2. The summed E-state index contributed by atoms with van der Waals surface area (Å²) < 4.78 is 5.26. The minimum Gasteiger partial charge on any atom is -0.462 e. The molecule has 112 valence electrons. The van der Waals surface area contributed by atoms with Gasteiger partial charge >= 0.3 is 6.03 Å². The van der Waals surface area contributed by atoms with Crippen molar-refractivity contribution in [1.29, 1.82) is 0 Å². The maximum atomic E-state index is 12.2. The first kappa shape index (κ1) is 14.0. The Kier molecular flexibility index (Phi) is 4.16. The summed E-state index contributed by atoms with van der Waals surface area (Å²) in [5.41, 5.74) is 0. The Bertz CT molecular complexity index is 597. The van der Waals surface area contributed by atoms with Crippen LogP contribution in [0.25, 0.3) is 10.8 Å². The zero-order valence-corrected chi connectivity index (χ0v) is 12.6. The molecular formula is C13H17N5O2S. The van der Waals surface area contributed by atoms with Gasteiger partial charge in [0.1, 0.15) is 0 Å². The third kappa shape index (κ3) is 3.40. The van der Waals surface area contributed by atoms with Crippen LogP contribution in [0, 0.1) is 0 Å². The second-order valence-corrected chi connectivity index (χ2v) is 5.94. The van der Waals surface area contributed by atoms with Crippen LogP contribution in [-0.2, 0) is 0 Å². The van der Waals surface area contributed by atoms with E-state index in [0.717, 1.165) is 32.6 Å². The van der Waals surface area contributed by atoms with Crippen molar-refractivity contribution in [3.05, 3.63) is 18.4 Å². The molecule has 7 nitrogen and oxygen atoms in total. The van der Waals surface area contributed by atoms with Gasteiger partial charge in [-0.15, -0.1) is 10.2 Å². The molecule has 1 saturated heterocycles.